The predicted octanol–water partition coefficient (Wildman–Crippen LogP) is 1.62. The summed E-state index contributed by atoms with van der Waals surface area (Å²) in [6.45, 7) is 3.60. The number of aromatic nitrogens is 4. The van der Waals surface area contributed by atoms with Gasteiger partial charge in [-0.15, -0.1) is 5.10 Å². The summed E-state index contributed by atoms with van der Waals surface area (Å²) in [4.78, 5) is 16.2. The van der Waals surface area contributed by atoms with Gasteiger partial charge in [-0.3, -0.25) is 8.98 Å². The van der Waals surface area contributed by atoms with Gasteiger partial charge in [-0.2, -0.15) is 8.42 Å². The Kier molecular flexibility index (Phi) is 6.43. The van der Waals surface area contributed by atoms with Crippen molar-refractivity contribution in [3.05, 3.63) is 23.5 Å². The van der Waals surface area contributed by atoms with Gasteiger partial charge < -0.3 is 4.74 Å². The van der Waals surface area contributed by atoms with E-state index < -0.39 is 10.1 Å². The molecule has 2 heterocycles. The first-order valence-electron chi connectivity index (χ1n) is 8.19. The molecule has 0 radical (unpaired) electrons. The van der Waals surface area contributed by atoms with E-state index in [9.17, 15) is 13.2 Å². The van der Waals surface area contributed by atoms with E-state index in [1.807, 2.05) is 13.8 Å². The van der Waals surface area contributed by atoms with Crippen LogP contribution in [-0.4, -0.2) is 40.6 Å². The number of pyridine rings is 1. The van der Waals surface area contributed by atoms with Crippen molar-refractivity contribution in [2.75, 3.05) is 6.26 Å². The first-order valence-corrected chi connectivity index (χ1v) is 10.0. The van der Waals surface area contributed by atoms with Gasteiger partial charge in [0.1, 0.15) is 12.3 Å². The van der Waals surface area contributed by atoms with Gasteiger partial charge in [-0.1, -0.05) is 19.1 Å². The van der Waals surface area contributed by atoms with Crippen LogP contribution >= 0.6 is 0 Å². The van der Waals surface area contributed by atoms with Gasteiger partial charge in [-0.05, 0) is 25.0 Å². The lowest BCUT2D eigenvalue weighted by molar-refractivity contribution is -0.134. The third-order valence-corrected chi connectivity index (χ3v) is 4.09. The van der Waals surface area contributed by atoms with Crippen LogP contribution < -0.4 is 4.74 Å². The Morgan fingerprint density at radius 3 is 2.62 bits per heavy atom. The summed E-state index contributed by atoms with van der Waals surface area (Å²) >= 11 is 0. The van der Waals surface area contributed by atoms with Crippen molar-refractivity contribution in [3.63, 3.8) is 0 Å². The normalized spacial score (nSPS) is 11.5. The maximum Gasteiger partial charge on any atom is 0.311 e. The van der Waals surface area contributed by atoms with Crippen molar-refractivity contribution >= 4 is 16.1 Å². The second-order valence-electron chi connectivity index (χ2n) is 5.69. The van der Waals surface area contributed by atoms with E-state index in [4.69, 9.17) is 8.92 Å². The van der Waals surface area contributed by atoms with Crippen molar-refractivity contribution in [3.8, 4) is 17.1 Å². The molecule has 0 aliphatic carbocycles. The third kappa shape index (κ3) is 5.09. The SMILES string of the molecule is CCCC(=O)Oc1ccc(-c2nnn(C)c2COS(C)(=O)=O)nc1CC. The quantitative estimate of drug-likeness (QED) is 0.500. The molecule has 0 saturated heterocycles. The van der Waals surface area contributed by atoms with E-state index in [-0.39, 0.29) is 12.6 Å². The third-order valence-electron chi connectivity index (χ3n) is 3.54. The first-order chi connectivity index (χ1) is 12.2. The summed E-state index contributed by atoms with van der Waals surface area (Å²) in [5, 5.41) is 7.96. The number of esters is 1. The maximum absolute atomic E-state index is 11.7. The van der Waals surface area contributed by atoms with Crippen LogP contribution in [0.4, 0.5) is 0 Å². The van der Waals surface area contributed by atoms with E-state index in [0.29, 0.717) is 47.8 Å². The molecule has 0 amide bonds. The highest BCUT2D eigenvalue weighted by Crippen LogP contribution is 2.25. The summed E-state index contributed by atoms with van der Waals surface area (Å²) in [6.07, 6.45) is 2.57. The van der Waals surface area contributed by atoms with Crippen LogP contribution in [0, 0.1) is 0 Å². The summed E-state index contributed by atoms with van der Waals surface area (Å²) in [7, 11) is -1.96. The smallest absolute Gasteiger partial charge is 0.311 e. The van der Waals surface area contributed by atoms with Crippen LogP contribution in [0.15, 0.2) is 12.1 Å². The van der Waals surface area contributed by atoms with Crippen LogP contribution in [0.1, 0.15) is 38.1 Å². The van der Waals surface area contributed by atoms with Gasteiger partial charge in [0.25, 0.3) is 10.1 Å². The number of carbonyl (C=O) groups is 1. The molecule has 2 rings (SSSR count). The highest BCUT2D eigenvalue weighted by atomic mass is 32.2. The van der Waals surface area contributed by atoms with E-state index in [2.05, 4.69) is 15.3 Å². The zero-order valence-electron chi connectivity index (χ0n) is 15.2. The standard InChI is InChI=1S/C16H22N4O5S/c1-5-7-15(21)25-14-9-8-12(17-11(14)6-2)16-13(20(3)19-18-16)10-24-26(4,22)23/h8-9H,5-7,10H2,1-4H3. The number of carbonyl (C=O) groups excluding carboxylic acids is 1. The number of nitrogens with zero attached hydrogens (tertiary/aromatic N) is 4. The van der Waals surface area contributed by atoms with E-state index in [1.54, 1.807) is 19.2 Å². The molecule has 0 fully saturated rings. The van der Waals surface area contributed by atoms with Crippen LogP contribution in [0.25, 0.3) is 11.4 Å². The van der Waals surface area contributed by atoms with Crippen molar-refractivity contribution in [1.29, 1.82) is 0 Å². The molecule has 26 heavy (non-hydrogen) atoms. The molecule has 2 aromatic rings. The highest BCUT2D eigenvalue weighted by molar-refractivity contribution is 7.85. The number of hydrogen-bond donors (Lipinski definition) is 0. The Hall–Kier alpha value is -2.33. The molecule has 0 saturated carbocycles. The van der Waals surface area contributed by atoms with Gasteiger partial charge in [0.2, 0.25) is 0 Å². The van der Waals surface area contributed by atoms with E-state index in [1.165, 1.54) is 4.68 Å². The van der Waals surface area contributed by atoms with Gasteiger partial charge in [0, 0.05) is 13.5 Å². The Balaban J connectivity index is 2.33. The number of aryl methyl sites for hydroxylation is 2. The zero-order valence-corrected chi connectivity index (χ0v) is 16.0. The van der Waals surface area contributed by atoms with Gasteiger partial charge in [0.05, 0.1) is 23.3 Å². The zero-order chi connectivity index (χ0) is 19.3. The van der Waals surface area contributed by atoms with Gasteiger partial charge in [0.15, 0.2) is 5.75 Å². The van der Waals surface area contributed by atoms with Crippen LogP contribution in [-0.2, 0) is 39.2 Å². The maximum atomic E-state index is 11.7. The second kappa shape index (κ2) is 8.37. The molecule has 2 aromatic heterocycles. The Bertz CT molecular complexity index is 892. The molecule has 0 N–H and O–H groups in total. The lowest BCUT2D eigenvalue weighted by Crippen LogP contribution is -2.10. The Morgan fingerprint density at radius 2 is 2.00 bits per heavy atom. The van der Waals surface area contributed by atoms with Crippen molar-refractivity contribution in [1.82, 2.24) is 20.0 Å². The lowest BCUT2D eigenvalue weighted by Gasteiger charge is -2.10. The largest absolute Gasteiger partial charge is 0.425 e. The summed E-state index contributed by atoms with van der Waals surface area (Å²) in [6, 6.07) is 3.31. The Morgan fingerprint density at radius 1 is 1.27 bits per heavy atom. The predicted molar refractivity (Wildman–Crippen MR) is 93.8 cm³/mol. The average molecular weight is 382 g/mol. The molecule has 142 valence electrons. The minimum atomic E-state index is -3.60. The monoisotopic (exact) mass is 382 g/mol. The highest BCUT2D eigenvalue weighted by Gasteiger charge is 2.18. The molecular weight excluding hydrogens is 360 g/mol. The summed E-state index contributed by atoms with van der Waals surface area (Å²) in [5.41, 5.74) is 1.99. The fraction of sp³-hybridized carbons (Fsp3) is 0.500. The molecule has 0 unspecified atom stereocenters. The van der Waals surface area contributed by atoms with Crippen molar-refractivity contribution < 1.29 is 22.1 Å². The molecule has 0 aliphatic heterocycles. The molecule has 0 spiro atoms. The minimum absolute atomic E-state index is 0.200. The fourth-order valence-corrected chi connectivity index (χ4v) is 2.57. The number of rotatable bonds is 8. The van der Waals surface area contributed by atoms with Crippen LogP contribution in [0.5, 0.6) is 5.75 Å². The van der Waals surface area contributed by atoms with E-state index >= 15 is 0 Å². The molecule has 0 aromatic carbocycles. The number of ether oxygens (including phenoxy) is 1. The van der Waals surface area contributed by atoms with Crippen molar-refractivity contribution in [2.24, 2.45) is 7.05 Å². The molecule has 0 aliphatic rings. The topological polar surface area (TPSA) is 113 Å². The first kappa shape index (κ1) is 20.0. The average Bonchev–Trinajstić information content (AvgIpc) is 2.93. The summed E-state index contributed by atoms with van der Waals surface area (Å²) in [5.74, 6) is 0.103. The Labute approximate surface area is 152 Å². The van der Waals surface area contributed by atoms with Crippen molar-refractivity contribution in [2.45, 2.75) is 39.7 Å². The molecule has 9 nitrogen and oxygen atoms in total. The lowest BCUT2D eigenvalue weighted by atomic mass is 10.2. The van der Waals surface area contributed by atoms with E-state index in [0.717, 1.165) is 6.26 Å². The second-order valence-corrected chi connectivity index (χ2v) is 7.34. The van der Waals surface area contributed by atoms with Crippen LogP contribution in [0.2, 0.25) is 0 Å². The van der Waals surface area contributed by atoms with Crippen LogP contribution in [0.3, 0.4) is 0 Å². The molecule has 0 bridgehead atoms. The fourth-order valence-electron chi connectivity index (χ4n) is 2.24. The molecule has 10 heteroatoms. The van der Waals surface area contributed by atoms with Gasteiger partial charge >= 0.3 is 5.97 Å². The minimum Gasteiger partial charge on any atom is -0.425 e. The van der Waals surface area contributed by atoms with Gasteiger partial charge in [-0.25, -0.2) is 9.67 Å². The number of hydrogen-bond acceptors (Lipinski definition) is 8. The molecule has 0 atom stereocenters. The summed E-state index contributed by atoms with van der Waals surface area (Å²) < 4.78 is 34.1. The molecular formula is C16H22N4O5S.